The van der Waals surface area contributed by atoms with E-state index in [1.54, 1.807) is 12.1 Å². The summed E-state index contributed by atoms with van der Waals surface area (Å²) in [5.74, 6) is 1.45. The molecule has 0 aliphatic rings. The molecule has 0 bridgehead atoms. The van der Waals surface area contributed by atoms with Crippen molar-refractivity contribution in [3.8, 4) is 5.75 Å². The number of ether oxygens (including phenoxy) is 1. The fourth-order valence-electron chi connectivity index (χ4n) is 2.38. The zero-order chi connectivity index (χ0) is 15.2. The molecule has 0 atom stereocenters. The lowest BCUT2D eigenvalue weighted by molar-refractivity contribution is 0.144. The molecular weight excluding hydrogens is 379 g/mol. The van der Waals surface area contributed by atoms with Gasteiger partial charge >= 0.3 is 0 Å². The van der Waals surface area contributed by atoms with Crippen LogP contribution < -0.4 is 4.74 Å². The van der Waals surface area contributed by atoms with Crippen molar-refractivity contribution in [2.24, 2.45) is 5.41 Å². The van der Waals surface area contributed by atoms with Gasteiger partial charge in [0.15, 0.2) is 0 Å². The molecule has 5 heteroatoms. The van der Waals surface area contributed by atoms with E-state index in [0.717, 1.165) is 35.9 Å². The Morgan fingerprint density at radius 2 is 1.75 bits per heavy atom. The minimum atomic E-state index is 0.107. The summed E-state index contributed by atoms with van der Waals surface area (Å²) < 4.78 is 6.72. The summed E-state index contributed by atoms with van der Waals surface area (Å²) in [7, 11) is 0. The second-order valence-electron chi connectivity index (χ2n) is 5.14. The van der Waals surface area contributed by atoms with Crippen molar-refractivity contribution in [3.63, 3.8) is 0 Å². The van der Waals surface area contributed by atoms with E-state index in [0.29, 0.717) is 22.4 Å². The maximum Gasteiger partial charge on any atom is 0.139 e. The van der Waals surface area contributed by atoms with Crippen molar-refractivity contribution >= 4 is 51.8 Å². The third kappa shape index (κ3) is 5.01. The first kappa shape index (κ1) is 18.5. The minimum Gasteiger partial charge on any atom is -0.491 e. The van der Waals surface area contributed by atoms with Crippen LogP contribution in [0.4, 0.5) is 0 Å². The fourth-order valence-corrected chi connectivity index (χ4v) is 3.63. The number of rotatable bonds is 8. The SMILES string of the molecule is CCCC(CS)(CCC)COc1cc(Cl)c(Br)cc1Cl. The smallest absolute Gasteiger partial charge is 0.139 e. The van der Waals surface area contributed by atoms with E-state index in [-0.39, 0.29) is 5.41 Å². The predicted molar refractivity (Wildman–Crippen MR) is 95.8 cm³/mol. The van der Waals surface area contributed by atoms with E-state index in [9.17, 15) is 0 Å². The monoisotopic (exact) mass is 398 g/mol. The Morgan fingerprint density at radius 1 is 1.15 bits per heavy atom. The average molecular weight is 400 g/mol. The quantitative estimate of drug-likeness (QED) is 0.380. The van der Waals surface area contributed by atoms with E-state index in [4.69, 9.17) is 27.9 Å². The van der Waals surface area contributed by atoms with E-state index in [1.165, 1.54) is 0 Å². The van der Waals surface area contributed by atoms with Gasteiger partial charge in [0.1, 0.15) is 5.75 Å². The molecule has 0 aliphatic heterocycles. The van der Waals surface area contributed by atoms with Gasteiger partial charge in [0, 0.05) is 16.0 Å². The normalized spacial score (nSPS) is 11.7. The first-order valence-electron chi connectivity index (χ1n) is 6.86. The molecule has 1 aromatic carbocycles. The lowest BCUT2D eigenvalue weighted by Crippen LogP contribution is -2.30. The van der Waals surface area contributed by atoms with Gasteiger partial charge in [-0.3, -0.25) is 0 Å². The molecule has 0 amide bonds. The minimum absolute atomic E-state index is 0.107. The summed E-state index contributed by atoms with van der Waals surface area (Å²) in [4.78, 5) is 0. The lowest BCUT2D eigenvalue weighted by Gasteiger charge is -2.32. The van der Waals surface area contributed by atoms with Crippen molar-refractivity contribution < 1.29 is 4.74 Å². The first-order chi connectivity index (χ1) is 9.48. The van der Waals surface area contributed by atoms with E-state index >= 15 is 0 Å². The van der Waals surface area contributed by atoms with Gasteiger partial charge in [0.05, 0.1) is 16.7 Å². The second kappa shape index (κ2) is 8.77. The van der Waals surface area contributed by atoms with Gasteiger partial charge in [0.25, 0.3) is 0 Å². The zero-order valence-electron chi connectivity index (χ0n) is 11.9. The summed E-state index contributed by atoms with van der Waals surface area (Å²) in [6.45, 7) is 5.00. The summed E-state index contributed by atoms with van der Waals surface area (Å²) in [5.41, 5.74) is 0.107. The molecule has 1 aromatic rings. The van der Waals surface area contributed by atoms with Gasteiger partial charge in [-0.1, -0.05) is 49.9 Å². The van der Waals surface area contributed by atoms with Gasteiger partial charge in [-0.15, -0.1) is 0 Å². The molecule has 0 unspecified atom stereocenters. The lowest BCUT2D eigenvalue weighted by atomic mass is 9.82. The van der Waals surface area contributed by atoms with E-state index in [2.05, 4.69) is 42.4 Å². The Hall–Kier alpha value is 0.430. The Labute approximate surface area is 145 Å². The molecule has 0 aromatic heterocycles. The molecule has 114 valence electrons. The molecule has 0 saturated carbocycles. The van der Waals surface area contributed by atoms with E-state index < -0.39 is 0 Å². The molecule has 0 aliphatic carbocycles. The van der Waals surface area contributed by atoms with Crippen LogP contribution in [-0.4, -0.2) is 12.4 Å². The second-order valence-corrected chi connectivity index (χ2v) is 7.13. The van der Waals surface area contributed by atoms with Crippen molar-refractivity contribution in [3.05, 3.63) is 26.7 Å². The van der Waals surface area contributed by atoms with Gasteiger partial charge in [-0.2, -0.15) is 12.6 Å². The number of benzene rings is 1. The van der Waals surface area contributed by atoms with Gasteiger partial charge in [-0.25, -0.2) is 0 Å². The average Bonchev–Trinajstić information content (AvgIpc) is 2.41. The maximum absolute atomic E-state index is 6.19. The largest absolute Gasteiger partial charge is 0.491 e. The molecule has 0 radical (unpaired) electrons. The summed E-state index contributed by atoms with van der Waals surface area (Å²) in [6.07, 6.45) is 4.45. The standard InChI is InChI=1S/C15H21BrCl2OS/c1-3-5-15(10-20,6-4-2)9-19-14-8-12(17)11(16)7-13(14)18/h7-8,20H,3-6,9-10H2,1-2H3. The molecule has 0 spiro atoms. The van der Waals surface area contributed by atoms with Crippen LogP contribution >= 0.6 is 51.8 Å². The Kier molecular flexibility index (Phi) is 8.10. The Bertz CT molecular complexity index is 434. The van der Waals surface area contributed by atoms with Crippen molar-refractivity contribution in [1.29, 1.82) is 0 Å². The van der Waals surface area contributed by atoms with Crippen LogP contribution in [0.3, 0.4) is 0 Å². The number of halogens is 3. The van der Waals surface area contributed by atoms with Crippen molar-refractivity contribution in [2.45, 2.75) is 39.5 Å². The highest BCUT2D eigenvalue weighted by molar-refractivity contribution is 9.10. The molecule has 0 fully saturated rings. The molecule has 1 rings (SSSR count). The molecule has 0 heterocycles. The van der Waals surface area contributed by atoms with Crippen LogP contribution in [0.25, 0.3) is 0 Å². The number of hydrogen-bond acceptors (Lipinski definition) is 2. The van der Waals surface area contributed by atoms with Crippen LogP contribution in [0.5, 0.6) is 5.75 Å². The third-order valence-corrected chi connectivity index (χ3v) is 5.57. The fraction of sp³-hybridized carbons (Fsp3) is 0.600. The first-order valence-corrected chi connectivity index (χ1v) is 9.04. The molecule has 0 saturated heterocycles. The van der Waals surface area contributed by atoms with Gasteiger partial charge in [-0.05, 0) is 40.6 Å². The summed E-state index contributed by atoms with van der Waals surface area (Å²) in [5, 5.41) is 1.18. The molecule has 0 N–H and O–H groups in total. The van der Waals surface area contributed by atoms with Crippen LogP contribution in [-0.2, 0) is 0 Å². The van der Waals surface area contributed by atoms with Crippen LogP contribution in [0.2, 0.25) is 10.0 Å². The Balaban J connectivity index is 2.84. The summed E-state index contributed by atoms with van der Waals surface area (Å²) in [6, 6.07) is 3.52. The highest BCUT2D eigenvalue weighted by Crippen LogP contribution is 2.37. The highest BCUT2D eigenvalue weighted by atomic mass is 79.9. The Morgan fingerprint density at radius 3 is 2.25 bits per heavy atom. The summed E-state index contributed by atoms with van der Waals surface area (Å²) >= 11 is 20.2. The van der Waals surface area contributed by atoms with Crippen molar-refractivity contribution in [1.82, 2.24) is 0 Å². The topological polar surface area (TPSA) is 9.23 Å². The van der Waals surface area contributed by atoms with Crippen LogP contribution in [0, 0.1) is 5.41 Å². The van der Waals surface area contributed by atoms with Gasteiger partial charge in [0.2, 0.25) is 0 Å². The molecule has 20 heavy (non-hydrogen) atoms. The predicted octanol–water partition coefficient (Wildman–Crippen LogP) is 6.65. The van der Waals surface area contributed by atoms with Gasteiger partial charge < -0.3 is 4.74 Å². The number of hydrogen-bond donors (Lipinski definition) is 1. The molecule has 1 nitrogen and oxygen atoms in total. The molecular formula is C15H21BrCl2OS. The maximum atomic E-state index is 6.19. The zero-order valence-corrected chi connectivity index (χ0v) is 15.9. The van der Waals surface area contributed by atoms with Crippen LogP contribution in [0.15, 0.2) is 16.6 Å². The van der Waals surface area contributed by atoms with Crippen molar-refractivity contribution in [2.75, 3.05) is 12.4 Å². The van der Waals surface area contributed by atoms with Crippen LogP contribution in [0.1, 0.15) is 39.5 Å². The van der Waals surface area contributed by atoms with E-state index in [1.807, 2.05) is 0 Å². The third-order valence-electron chi connectivity index (χ3n) is 3.40. The highest BCUT2D eigenvalue weighted by Gasteiger charge is 2.28. The number of thiol groups is 1.